The van der Waals surface area contributed by atoms with Crippen LogP contribution in [-0.2, 0) is 15.6 Å². The van der Waals surface area contributed by atoms with Crippen LogP contribution in [0.25, 0.3) is 10.6 Å². The highest BCUT2D eigenvalue weighted by atomic mass is 32.2. The zero-order valence-corrected chi connectivity index (χ0v) is 12.6. The van der Waals surface area contributed by atoms with E-state index < -0.39 is 15.8 Å². The summed E-state index contributed by atoms with van der Waals surface area (Å²) in [7, 11) is -3.10. The summed E-state index contributed by atoms with van der Waals surface area (Å²) >= 11 is 1.09. The van der Waals surface area contributed by atoms with E-state index in [1.165, 1.54) is 6.26 Å². The zero-order valence-electron chi connectivity index (χ0n) is 11.0. The minimum Gasteiger partial charge on any atom is -0.477 e. The Bertz CT molecular complexity index is 762. The molecule has 0 saturated heterocycles. The van der Waals surface area contributed by atoms with Gasteiger partial charge in [0, 0.05) is 11.8 Å². The molecule has 0 aliphatic carbocycles. The molecular formula is C13H13NO4S2. The fourth-order valence-corrected chi connectivity index (χ4v) is 3.50. The number of aryl methyl sites for hydroxylation is 1. The van der Waals surface area contributed by atoms with Gasteiger partial charge in [-0.1, -0.05) is 18.2 Å². The minimum absolute atomic E-state index is 0.0447. The van der Waals surface area contributed by atoms with Gasteiger partial charge in [-0.05, 0) is 18.6 Å². The highest BCUT2D eigenvalue weighted by Crippen LogP contribution is 2.28. The number of benzene rings is 1. The zero-order chi connectivity index (χ0) is 14.9. The summed E-state index contributed by atoms with van der Waals surface area (Å²) in [4.78, 5) is 15.4. The fourth-order valence-electron chi connectivity index (χ4n) is 1.82. The van der Waals surface area contributed by atoms with Gasteiger partial charge in [0.15, 0.2) is 9.84 Å². The van der Waals surface area contributed by atoms with Crippen molar-refractivity contribution in [2.45, 2.75) is 12.7 Å². The smallest absolute Gasteiger partial charge is 0.347 e. The molecule has 1 heterocycles. The van der Waals surface area contributed by atoms with Gasteiger partial charge in [0.05, 0.1) is 11.4 Å². The number of hydrogen-bond acceptors (Lipinski definition) is 5. The van der Waals surface area contributed by atoms with Gasteiger partial charge in [0.1, 0.15) is 9.88 Å². The lowest BCUT2D eigenvalue weighted by atomic mass is 10.1. The number of aromatic nitrogens is 1. The fraction of sp³-hybridized carbons (Fsp3) is 0.231. The summed E-state index contributed by atoms with van der Waals surface area (Å²) in [6, 6.07) is 6.98. The first-order valence-electron chi connectivity index (χ1n) is 5.74. The van der Waals surface area contributed by atoms with Crippen LogP contribution in [0, 0.1) is 6.92 Å². The molecule has 0 unspecified atom stereocenters. The van der Waals surface area contributed by atoms with Gasteiger partial charge in [-0.3, -0.25) is 0 Å². The second kappa shape index (κ2) is 5.34. The largest absolute Gasteiger partial charge is 0.477 e. The van der Waals surface area contributed by atoms with Crippen molar-refractivity contribution in [2.75, 3.05) is 6.26 Å². The van der Waals surface area contributed by atoms with Crippen molar-refractivity contribution in [3.63, 3.8) is 0 Å². The highest BCUT2D eigenvalue weighted by Gasteiger charge is 2.15. The molecule has 7 heteroatoms. The Morgan fingerprint density at radius 3 is 2.65 bits per heavy atom. The van der Waals surface area contributed by atoms with Crippen molar-refractivity contribution < 1.29 is 18.3 Å². The molecule has 0 saturated carbocycles. The Morgan fingerprint density at radius 1 is 1.40 bits per heavy atom. The van der Waals surface area contributed by atoms with E-state index in [4.69, 9.17) is 5.11 Å². The third kappa shape index (κ3) is 3.43. The van der Waals surface area contributed by atoms with Crippen molar-refractivity contribution in [2.24, 2.45) is 0 Å². The number of aromatic carboxylic acids is 1. The third-order valence-corrected chi connectivity index (χ3v) is 4.65. The summed E-state index contributed by atoms with van der Waals surface area (Å²) in [5, 5.41) is 9.60. The molecule has 0 aliphatic rings. The lowest BCUT2D eigenvalue weighted by Crippen LogP contribution is -2.00. The maximum absolute atomic E-state index is 11.3. The minimum atomic E-state index is -3.10. The second-order valence-corrected chi connectivity index (χ2v) is 7.65. The average molecular weight is 311 g/mol. The molecule has 106 valence electrons. The Morgan fingerprint density at radius 2 is 2.10 bits per heavy atom. The number of carboxylic acids is 1. The van der Waals surface area contributed by atoms with E-state index in [0.29, 0.717) is 16.3 Å². The first kappa shape index (κ1) is 14.7. The molecule has 0 spiro atoms. The van der Waals surface area contributed by atoms with E-state index in [1.807, 2.05) is 0 Å². The van der Waals surface area contributed by atoms with Crippen LogP contribution in [0.15, 0.2) is 24.3 Å². The van der Waals surface area contributed by atoms with E-state index in [9.17, 15) is 13.2 Å². The first-order valence-corrected chi connectivity index (χ1v) is 8.62. The number of carbonyl (C=O) groups is 1. The van der Waals surface area contributed by atoms with E-state index in [0.717, 1.165) is 16.9 Å². The van der Waals surface area contributed by atoms with Gasteiger partial charge in [-0.15, -0.1) is 11.3 Å². The van der Waals surface area contributed by atoms with E-state index in [1.54, 1.807) is 31.2 Å². The summed E-state index contributed by atoms with van der Waals surface area (Å²) < 4.78 is 22.6. The molecule has 0 aliphatic heterocycles. The van der Waals surface area contributed by atoms with Crippen LogP contribution >= 0.6 is 11.3 Å². The van der Waals surface area contributed by atoms with E-state index in [2.05, 4.69) is 4.98 Å². The van der Waals surface area contributed by atoms with E-state index in [-0.39, 0.29) is 10.6 Å². The number of rotatable bonds is 4. The van der Waals surface area contributed by atoms with Gasteiger partial charge in [-0.2, -0.15) is 0 Å². The molecule has 2 rings (SSSR count). The van der Waals surface area contributed by atoms with Crippen LogP contribution in [0.5, 0.6) is 0 Å². The van der Waals surface area contributed by atoms with Gasteiger partial charge in [-0.25, -0.2) is 18.2 Å². The van der Waals surface area contributed by atoms with Gasteiger partial charge in [0.25, 0.3) is 0 Å². The molecule has 0 amide bonds. The molecule has 5 nitrogen and oxygen atoms in total. The SMILES string of the molecule is Cc1nc(-c2cccc(CS(C)(=O)=O)c2)sc1C(=O)O. The van der Waals surface area contributed by atoms with Crippen molar-refractivity contribution in [1.82, 2.24) is 4.98 Å². The summed E-state index contributed by atoms with van der Waals surface area (Å²) in [6.45, 7) is 1.64. The molecule has 1 aromatic carbocycles. The van der Waals surface area contributed by atoms with Crippen LogP contribution in [-0.4, -0.2) is 30.7 Å². The van der Waals surface area contributed by atoms with Crippen LogP contribution in [0.1, 0.15) is 20.9 Å². The number of carboxylic acid groups (broad SMARTS) is 1. The Kier molecular flexibility index (Phi) is 3.92. The number of nitrogens with zero attached hydrogens (tertiary/aromatic N) is 1. The molecule has 0 radical (unpaired) electrons. The summed E-state index contributed by atoms with van der Waals surface area (Å²) in [6.07, 6.45) is 1.18. The lowest BCUT2D eigenvalue weighted by molar-refractivity contribution is 0.0701. The molecule has 0 bridgehead atoms. The van der Waals surface area contributed by atoms with Crippen LogP contribution in [0.2, 0.25) is 0 Å². The quantitative estimate of drug-likeness (QED) is 0.937. The molecule has 0 fully saturated rings. The van der Waals surface area contributed by atoms with Crippen molar-refractivity contribution in [3.05, 3.63) is 40.4 Å². The van der Waals surface area contributed by atoms with Gasteiger partial charge < -0.3 is 5.11 Å². The molecule has 20 heavy (non-hydrogen) atoms. The lowest BCUT2D eigenvalue weighted by Gasteiger charge is -2.02. The molecule has 1 N–H and O–H groups in total. The Labute approximate surface area is 120 Å². The maximum Gasteiger partial charge on any atom is 0.347 e. The molecular weight excluding hydrogens is 298 g/mol. The highest BCUT2D eigenvalue weighted by molar-refractivity contribution is 7.89. The van der Waals surface area contributed by atoms with Crippen molar-refractivity contribution >= 4 is 27.1 Å². The molecule has 2 aromatic rings. The maximum atomic E-state index is 11.3. The number of hydrogen-bond donors (Lipinski definition) is 1. The van der Waals surface area contributed by atoms with Crippen LogP contribution < -0.4 is 0 Å². The summed E-state index contributed by atoms with van der Waals surface area (Å²) in [5.74, 6) is -1.05. The standard InChI is InChI=1S/C13H13NO4S2/c1-8-11(13(15)16)19-12(14-8)10-5-3-4-9(6-10)7-20(2,17)18/h3-6H,7H2,1-2H3,(H,15,16). The van der Waals surface area contributed by atoms with Crippen molar-refractivity contribution in [3.8, 4) is 10.6 Å². The van der Waals surface area contributed by atoms with E-state index >= 15 is 0 Å². The molecule has 0 atom stereocenters. The number of sulfone groups is 1. The Hall–Kier alpha value is -1.73. The predicted octanol–water partition coefficient (Wildman–Crippen LogP) is 2.36. The van der Waals surface area contributed by atoms with Crippen LogP contribution in [0.4, 0.5) is 0 Å². The summed E-state index contributed by atoms with van der Waals surface area (Å²) in [5.41, 5.74) is 1.85. The number of thiazole rings is 1. The van der Waals surface area contributed by atoms with Gasteiger partial charge >= 0.3 is 5.97 Å². The van der Waals surface area contributed by atoms with Crippen molar-refractivity contribution in [1.29, 1.82) is 0 Å². The normalized spacial score (nSPS) is 11.5. The third-order valence-electron chi connectivity index (χ3n) is 2.59. The second-order valence-electron chi connectivity index (χ2n) is 4.51. The predicted molar refractivity (Wildman–Crippen MR) is 77.8 cm³/mol. The first-order chi connectivity index (χ1) is 9.26. The average Bonchev–Trinajstić information content (AvgIpc) is 2.69. The molecule has 1 aromatic heterocycles. The monoisotopic (exact) mass is 311 g/mol. The topological polar surface area (TPSA) is 84.3 Å². The Balaban J connectivity index is 2.41. The van der Waals surface area contributed by atoms with Crippen LogP contribution in [0.3, 0.4) is 0 Å². The van der Waals surface area contributed by atoms with Gasteiger partial charge in [0.2, 0.25) is 0 Å².